The fraction of sp³-hybridized carbons (Fsp3) is 0.429. The third-order valence-corrected chi connectivity index (χ3v) is 5.16. The summed E-state index contributed by atoms with van der Waals surface area (Å²) in [6.07, 6.45) is 0.605. The Hall–Kier alpha value is -1.80. The van der Waals surface area contributed by atoms with Crippen LogP contribution in [0.4, 0.5) is 4.79 Å². The molecule has 1 aromatic rings. The first kappa shape index (κ1) is 17.6. The Bertz CT molecular complexity index is 690. The van der Waals surface area contributed by atoms with Crippen molar-refractivity contribution in [3.63, 3.8) is 0 Å². The lowest BCUT2D eigenvalue weighted by Gasteiger charge is -2.21. The molecule has 0 unspecified atom stereocenters. The minimum Gasteiger partial charge on any atom is -0.341 e. The van der Waals surface area contributed by atoms with E-state index >= 15 is 0 Å². The third kappa shape index (κ3) is 4.59. The number of carbonyl (C=O) groups is 2. The summed E-state index contributed by atoms with van der Waals surface area (Å²) in [6.45, 7) is 3.11. The molecule has 3 amide bonds. The summed E-state index contributed by atoms with van der Waals surface area (Å²) < 4.78 is 26.4. The Morgan fingerprint density at radius 2 is 1.61 bits per heavy atom. The molecule has 7 nitrogen and oxygen atoms in total. The first-order chi connectivity index (χ1) is 10.8. The average Bonchev–Trinajstić information content (AvgIpc) is 2.73. The lowest BCUT2D eigenvalue weighted by molar-refractivity contribution is -0.128. The maximum atomic E-state index is 12.2. The van der Waals surface area contributed by atoms with E-state index in [0.717, 1.165) is 0 Å². The average molecular weight is 360 g/mol. The fourth-order valence-corrected chi connectivity index (χ4v) is 3.38. The minimum atomic E-state index is -3.95. The predicted octanol–water partition coefficient (Wildman–Crippen LogP) is 1.29. The molecule has 0 aliphatic carbocycles. The zero-order valence-corrected chi connectivity index (χ0v) is 14.2. The van der Waals surface area contributed by atoms with Crippen molar-refractivity contribution < 1.29 is 18.0 Å². The van der Waals surface area contributed by atoms with Crippen LogP contribution in [-0.2, 0) is 14.8 Å². The molecule has 1 saturated heterocycles. The monoisotopic (exact) mass is 359 g/mol. The van der Waals surface area contributed by atoms with Gasteiger partial charge in [0.15, 0.2) is 0 Å². The van der Waals surface area contributed by atoms with Crippen molar-refractivity contribution in [2.24, 2.45) is 0 Å². The summed E-state index contributed by atoms with van der Waals surface area (Å²) >= 11 is 5.72. The van der Waals surface area contributed by atoms with E-state index in [0.29, 0.717) is 37.6 Å². The van der Waals surface area contributed by atoms with Gasteiger partial charge in [0.2, 0.25) is 5.91 Å². The van der Waals surface area contributed by atoms with Crippen molar-refractivity contribution >= 4 is 33.6 Å². The molecule has 0 aromatic heterocycles. The van der Waals surface area contributed by atoms with E-state index in [1.165, 1.54) is 36.1 Å². The van der Waals surface area contributed by atoms with Gasteiger partial charge in [-0.25, -0.2) is 17.9 Å². The predicted molar refractivity (Wildman–Crippen MR) is 85.6 cm³/mol. The van der Waals surface area contributed by atoms with Crippen LogP contribution in [0, 0.1) is 0 Å². The summed E-state index contributed by atoms with van der Waals surface area (Å²) in [4.78, 5) is 26.6. The van der Waals surface area contributed by atoms with Crippen molar-refractivity contribution in [3.8, 4) is 0 Å². The number of nitrogens with one attached hydrogen (secondary N) is 1. The quantitative estimate of drug-likeness (QED) is 0.862. The van der Waals surface area contributed by atoms with E-state index in [2.05, 4.69) is 0 Å². The number of halogens is 1. The van der Waals surface area contributed by atoms with Crippen LogP contribution in [-0.4, -0.2) is 56.3 Å². The van der Waals surface area contributed by atoms with Crippen LogP contribution < -0.4 is 4.72 Å². The maximum absolute atomic E-state index is 12.2. The molecule has 1 fully saturated rings. The Labute approximate surface area is 140 Å². The van der Waals surface area contributed by atoms with Gasteiger partial charge in [-0.05, 0) is 30.7 Å². The van der Waals surface area contributed by atoms with Crippen LogP contribution in [0.1, 0.15) is 13.3 Å². The topological polar surface area (TPSA) is 86.8 Å². The number of hydrogen-bond donors (Lipinski definition) is 1. The molecule has 9 heteroatoms. The molecule has 2 rings (SSSR count). The van der Waals surface area contributed by atoms with Crippen molar-refractivity contribution in [1.29, 1.82) is 0 Å². The van der Waals surface area contributed by atoms with Gasteiger partial charge in [0.25, 0.3) is 10.0 Å². The second-order valence-electron chi connectivity index (χ2n) is 5.21. The number of urea groups is 1. The van der Waals surface area contributed by atoms with Gasteiger partial charge in [-0.15, -0.1) is 0 Å². The van der Waals surface area contributed by atoms with E-state index in [9.17, 15) is 18.0 Å². The summed E-state index contributed by atoms with van der Waals surface area (Å²) in [5.74, 6) is -0.0546. The summed E-state index contributed by atoms with van der Waals surface area (Å²) in [5, 5.41) is 0.409. The molecule has 0 bridgehead atoms. The molecule has 126 valence electrons. The molecular formula is C14H18ClN3O4S. The summed E-state index contributed by atoms with van der Waals surface area (Å²) in [5.41, 5.74) is 0. The van der Waals surface area contributed by atoms with Crippen LogP contribution in [0.2, 0.25) is 5.02 Å². The summed E-state index contributed by atoms with van der Waals surface area (Å²) in [6, 6.07) is 4.86. The molecular weight excluding hydrogens is 342 g/mol. The zero-order valence-electron chi connectivity index (χ0n) is 12.7. The molecule has 1 aromatic carbocycles. The lowest BCUT2D eigenvalue weighted by atomic mass is 10.4. The zero-order chi connectivity index (χ0) is 17.0. The van der Waals surface area contributed by atoms with Crippen LogP contribution in [0.5, 0.6) is 0 Å². The highest BCUT2D eigenvalue weighted by Crippen LogP contribution is 2.14. The number of amides is 3. The molecule has 1 aliphatic heterocycles. The fourth-order valence-electron chi connectivity index (χ4n) is 2.29. The SMILES string of the molecule is CC(=O)N1CCCN(C(=O)NS(=O)(=O)c2ccc(Cl)cc2)CC1. The molecule has 1 aliphatic rings. The summed E-state index contributed by atoms with van der Waals surface area (Å²) in [7, 11) is -3.95. The molecule has 23 heavy (non-hydrogen) atoms. The Balaban J connectivity index is 2.03. The smallest absolute Gasteiger partial charge is 0.331 e. The molecule has 0 saturated carbocycles. The second-order valence-corrected chi connectivity index (χ2v) is 7.33. The Morgan fingerprint density at radius 1 is 1.04 bits per heavy atom. The third-order valence-electron chi connectivity index (χ3n) is 3.57. The largest absolute Gasteiger partial charge is 0.341 e. The first-order valence-electron chi connectivity index (χ1n) is 7.12. The second kappa shape index (κ2) is 7.18. The normalized spacial score (nSPS) is 15.9. The van der Waals surface area contributed by atoms with Gasteiger partial charge in [-0.3, -0.25) is 4.79 Å². The van der Waals surface area contributed by atoms with Crippen LogP contribution in [0.3, 0.4) is 0 Å². The van der Waals surface area contributed by atoms with Crippen LogP contribution >= 0.6 is 11.6 Å². The molecule has 1 heterocycles. The molecule has 0 atom stereocenters. The van der Waals surface area contributed by atoms with E-state index in [1.807, 2.05) is 4.72 Å². The highest BCUT2D eigenvalue weighted by atomic mass is 35.5. The highest BCUT2D eigenvalue weighted by Gasteiger charge is 2.24. The number of carbonyl (C=O) groups excluding carboxylic acids is 2. The number of rotatable bonds is 2. The number of nitrogens with zero attached hydrogens (tertiary/aromatic N) is 2. The van der Waals surface area contributed by atoms with Gasteiger partial charge in [-0.1, -0.05) is 11.6 Å². The van der Waals surface area contributed by atoms with Crippen molar-refractivity contribution in [2.45, 2.75) is 18.2 Å². The van der Waals surface area contributed by atoms with Gasteiger partial charge in [-0.2, -0.15) is 0 Å². The van der Waals surface area contributed by atoms with E-state index in [1.54, 1.807) is 4.90 Å². The Kier molecular flexibility index (Phi) is 5.48. The highest BCUT2D eigenvalue weighted by molar-refractivity contribution is 7.90. The van der Waals surface area contributed by atoms with E-state index < -0.39 is 16.1 Å². The van der Waals surface area contributed by atoms with Gasteiger partial charge in [0, 0.05) is 38.1 Å². The molecule has 1 N–H and O–H groups in total. The number of hydrogen-bond acceptors (Lipinski definition) is 4. The van der Waals surface area contributed by atoms with Crippen LogP contribution in [0.25, 0.3) is 0 Å². The number of benzene rings is 1. The van der Waals surface area contributed by atoms with Crippen molar-refractivity contribution in [1.82, 2.24) is 14.5 Å². The van der Waals surface area contributed by atoms with Gasteiger partial charge >= 0.3 is 6.03 Å². The molecule has 0 spiro atoms. The van der Waals surface area contributed by atoms with Gasteiger partial charge < -0.3 is 9.80 Å². The minimum absolute atomic E-state index is 0.0320. The molecule has 0 radical (unpaired) electrons. The van der Waals surface area contributed by atoms with Crippen LogP contribution in [0.15, 0.2) is 29.2 Å². The van der Waals surface area contributed by atoms with E-state index in [-0.39, 0.29) is 10.8 Å². The van der Waals surface area contributed by atoms with Crippen molar-refractivity contribution in [3.05, 3.63) is 29.3 Å². The lowest BCUT2D eigenvalue weighted by Crippen LogP contribution is -2.44. The van der Waals surface area contributed by atoms with Gasteiger partial charge in [0.05, 0.1) is 4.90 Å². The maximum Gasteiger partial charge on any atom is 0.331 e. The first-order valence-corrected chi connectivity index (χ1v) is 8.98. The van der Waals surface area contributed by atoms with E-state index in [4.69, 9.17) is 11.6 Å². The van der Waals surface area contributed by atoms with Gasteiger partial charge in [0.1, 0.15) is 0 Å². The van der Waals surface area contributed by atoms with Crippen molar-refractivity contribution in [2.75, 3.05) is 26.2 Å². The standard InChI is InChI=1S/C14H18ClN3O4S/c1-11(19)17-7-2-8-18(10-9-17)14(20)16-23(21,22)13-5-3-12(15)4-6-13/h3-6H,2,7-10H2,1H3,(H,16,20). The Morgan fingerprint density at radius 3 is 2.22 bits per heavy atom. The number of sulfonamides is 1.